The molecule has 0 aromatic rings. The smallest absolute Gasteiger partial charge is 0.547 e. The maximum atomic E-state index is 9.34. The van der Waals surface area contributed by atoms with Crippen LogP contribution in [0.4, 0.5) is 0 Å². The summed E-state index contributed by atoms with van der Waals surface area (Å²) in [5.41, 5.74) is 0. The number of carboxylic acids is 2. The fourth-order valence-electron chi connectivity index (χ4n) is 0. The van der Waals surface area contributed by atoms with Gasteiger partial charge in [-0.3, -0.25) is 0 Å². The van der Waals surface area contributed by atoms with Crippen molar-refractivity contribution in [2.75, 3.05) is 0 Å². The summed E-state index contributed by atoms with van der Waals surface area (Å²) in [6.45, 7) is 2.27. The fourth-order valence-corrected chi connectivity index (χ4v) is 0. The van der Waals surface area contributed by atoms with Gasteiger partial charge < -0.3 is 35.5 Å². The summed E-state index contributed by atoms with van der Waals surface area (Å²) >= 11 is 0. The number of hydrogen-bond donors (Lipinski definition) is 2. The Morgan fingerprint density at radius 3 is 1.07 bits per heavy atom. The van der Waals surface area contributed by atoms with Crippen LogP contribution in [0.3, 0.4) is 0 Å². The van der Waals surface area contributed by atoms with Crippen LogP contribution in [0.25, 0.3) is 0 Å². The molecule has 0 saturated carbocycles. The van der Waals surface area contributed by atoms with Crippen molar-refractivity contribution < 1.29 is 57.2 Å². The third-order valence-electron chi connectivity index (χ3n) is 0.682. The molecule has 0 aliphatic rings. The second kappa shape index (κ2) is 12.5. The van der Waals surface area contributed by atoms with Crippen LogP contribution >= 0.6 is 0 Å². The molecule has 0 aromatic heterocycles. The molecule has 0 saturated heterocycles. The Bertz CT molecular complexity index is 138. The van der Waals surface area contributed by atoms with E-state index in [1.807, 2.05) is 0 Å². The van der Waals surface area contributed by atoms with Gasteiger partial charge in [-0.05, 0) is 13.8 Å². The van der Waals surface area contributed by atoms with Crippen molar-refractivity contribution in [3.63, 3.8) is 0 Å². The zero-order chi connectivity index (χ0) is 10.3. The van der Waals surface area contributed by atoms with Gasteiger partial charge in [-0.25, -0.2) is 0 Å². The molecular formula is C6H12O7Ti. The predicted molar refractivity (Wildman–Crippen MR) is 37.0 cm³/mol. The number of aliphatic hydroxyl groups is 2. The van der Waals surface area contributed by atoms with E-state index < -0.39 is 24.1 Å². The molecule has 0 amide bonds. The van der Waals surface area contributed by atoms with E-state index in [-0.39, 0.29) is 27.2 Å². The van der Waals surface area contributed by atoms with Gasteiger partial charge >= 0.3 is 21.7 Å². The molecule has 0 rings (SSSR count). The monoisotopic (exact) mass is 244 g/mol. The first kappa shape index (κ1) is 23.4. The SMILES string of the molecule is CC(O)C(=O)[O-].CC(O)C(=O)[O-].O.[Ti+2]. The first-order valence-electron chi connectivity index (χ1n) is 3.06. The first-order chi connectivity index (χ1) is 5.29. The van der Waals surface area contributed by atoms with E-state index in [0.29, 0.717) is 0 Å². The topological polar surface area (TPSA) is 152 Å². The summed E-state index contributed by atoms with van der Waals surface area (Å²) in [6, 6.07) is 0. The number of carboxylic acid groups (broad SMARTS) is 2. The minimum absolute atomic E-state index is 0. The molecule has 82 valence electrons. The molecule has 8 heteroatoms. The van der Waals surface area contributed by atoms with Crippen LogP contribution in [-0.4, -0.2) is 39.8 Å². The molecule has 2 unspecified atom stereocenters. The molecule has 2 atom stereocenters. The minimum Gasteiger partial charge on any atom is -0.547 e. The summed E-state index contributed by atoms with van der Waals surface area (Å²) in [5, 5.41) is 34.6. The second-order valence-electron chi connectivity index (χ2n) is 1.99. The van der Waals surface area contributed by atoms with Gasteiger partial charge in [-0.15, -0.1) is 0 Å². The predicted octanol–water partition coefficient (Wildman–Crippen LogP) is -4.59. The number of aliphatic carboxylic acids is 2. The quantitative estimate of drug-likeness (QED) is 0.466. The third kappa shape index (κ3) is 22.5. The van der Waals surface area contributed by atoms with Crippen molar-refractivity contribution in [2.24, 2.45) is 0 Å². The number of carbonyl (C=O) groups is 2. The van der Waals surface area contributed by atoms with Gasteiger partial charge in [0, 0.05) is 0 Å². The van der Waals surface area contributed by atoms with Crippen molar-refractivity contribution in [3.05, 3.63) is 0 Å². The second-order valence-corrected chi connectivity index (χ2v) is 1.99. The molecule has 7 nitrogen and oxygen atoms in total. The molecule has 0 spiro atoms. The molecule has 0 bridgehead atoms. The maximum absolute atomic E-state index is 9.34. The van der Waals surface area contributed by atoms with E-state index in [1.165, 1.54) is 0 Å². The van der Waals surface area contributed by atoms with E-state index >= 15 is 0 Å². The van der Waals surface area contributed by atoms with E-state index in [0.717, 1.165) is 13.8 Å². The zero-order valence-electron chi connectivity index (χ0n) is 7.68. The van der Waals surface area contributed by atoms with Crippen LogP contribution < -0.4 is 10.2 Å². The molecule has 0 fully saturated rings. The van der Waals surface area contributed by atoms with Gasteiger partial charge in [0.15, 0.2) is 0 Å². The van der Waals surface area contributed by atoms with Crippen molar-refractivity contribution in [1.29, 1.82) is 0 Å². The number of carbonyl (C=O) groups excluding carboxylic acids is 2. The van der Waals surface area contributed by atoms with Crippen LogP contribution in [-0.2, 0) is 31.3 Å². The molecule has 0 aliphatic heterocycles. The molecule has 14 heavy (non-hydrogen) atoms. The Labute approximate surface area is 95.6 Å². The average Bonchev–Trinajstić information content (AvgIpc) is 1.88. The van der Waals surface area contributed by atoms with Gasteiger partial charge in [-0.1, -0.05) is 0 Å². The summed E-state index contributed by atoms with van der Waals surface area (Å²) in [4.78, 5) is 18.7. The number of rotatable bonds is 2. The van der Waals surface area contributed by atoms with Gasteiger partial charge in [0.2, 0.25) is 0 Å². The number of hydrogen-bond acceptors (Lipinski definition) is 6. The largest absolute Gasteiger partial charge is 2.00 e. The normalized spacial score (nSPS) is 11.7. The van der Waals surface area contributed by atoms with Crippen molar-refractivity contribution >= 4 is 11.9 Å². The van der Waals surface area contributed by atoms with Gasteiger partial charge in [0.05, 0.1) is 24.1 Å². The van der Waals surface area contributed by atoms with Crippen LogP contribution in [0.5, 0.6) is 0 Å². The third-order valence-corrected chi connectivity index (χ3v) is 0.682. The standard InChI is InChI=1S/2C3H6O3.H2O.Ti/c2*1-2(4)3(5)6;;/h2*2,4H,1H3,(H,5,6);1H2;/q;;;+2/p-2. The maximum Gasteiger partial charge on any atom is 2.00 e. The van der Waals surface area contributed by atoms with Crippen LogP contribution in [0, 0.1) is 0 Å². The summed E-state index contributed by atoms with van der Waals surface area (Å²) < 4.78 is 0. The Balaban J connectivity index is -0.0000000625. The van der Waals surface area contributed by atoms with Crippen LogP contribution in [0.15, 0.2) is 0 Å². The molecule has 0 aromatic carbocycles. The molecule has 0 radical (unpaired) electrons. The average molecular weight is 244 g/mol. The van der Waals surface area contributed by atoms with Gasteiger partial charge in [0.1, 0.15) is 0 Å². The summed E-state index contributed by atoms with van der Waals surface area (Å²) in [7, 11) is 0. The summed E-state index contributed by atoms with van der Waals surface area (Å²) in [5.74, 6) is -2.87. The van der Waals surface area contributed by atoms with Crippen molar-refractivity contribution in [3.8, 4) is 0 Å². The van der Waals surface area contributed by atoms with Crippen LogP contribution in [0.1, 0.15) is 13.8 Å². The van der Waals surface area contributed by atoms with Gasteiger partial charge in [0.25, 0.3) is 0 Å². The molecule has 0 heterocycles. The Hall–Kier alpha value is -0.466. The first-order valence-corrected chi connectivity index (χ1v) is 3.06. The Morgan fingerprint density at radius 2 is 1.07 bits per heavy atom. The number of aliphatic hydroxyl groups excluding tert-OH is 2. The van der Waals surface area contributed by atoms with Crippen molar-refractivity contribution in [1.82, 2.24) is 0 Å². The Morgan fingerprint density at radius 1 is 1.00 bits per heavy atom. The Kier molecular flexibility index (Phi) is 20.9. The fraction of sp³-hybridized carbons (Fsp3) is 0.667. The van der Waals surface area contributed by atoms with Gasteiger partial charge in [-0.2, -0.15) is 0 Å². The van der Waals surface area contributed by atoms with E-state index in [2.05, 4.69) is 0 Å². The van der Waals surface area contributed by atoms with E-state index in [4.69, 9.17) is 10.2 Å². The summed E-state index contributed by atoms with van der Waals surface area (Å²) in [6.07, 6.45) is -2.69. The van der Waals surface area contributed by atoms with E-state index in [1.54, 1.807) is 0 Å². The zero-order valence-corrected chi connectivity index (χ0v) is 9.24. The van der Waals surface area contributed by atoms with Crippen molar-refractivity contribution in [2.45, 2.75) is 26.1 Å². The molecule has 0 aliphatic carbocycles. The molecule has 4 N–H and O–H groups in total. The van der Waals surface area contributed by atoms with E-state index in [9.17, 15) is 19.8 Å². The van der Waals surface area contributed by atoms with Crippen LogP contribution in [0.2, 0.25) is 0 Å². The molecular weight excluding hydrogens is 232 g/mol. The minimum atomic E-state index is -1.44.